The van der Waals surface area contributed by atoms with Gasteiger partial charge in [-0.1, -0.05) is 39.7 Å². The highest BCUT2D eigenvalue weighted by atomic mass is 79.9. The summed E-state index contributed by atoms with van der Waals surface area (Å²) in [5, 5.41) is 5.23. The van der Waals surface area contributed by atoms with E-state index in [-0.39, 0.29) is 11.7 Å². The number of carbonyl (C=O) groups is 1. The van der Waals surface area contributed by atoms with Crippen LogP contribution in [0.3, 0.4) is 0 Å². The van der Waals surface area contributed by atoms with Gasteiger partial charge in [-0.2, -0.15) is 0 Å². The number of nitrogens with one attached hydrogen (secondary N) is 1. The lowest BCUT2D eigenvalue weighted by Gasteiger charge is -2.04. The van der Waals surface area contributed by atoms with E-state index in [1.165, 1.54) is 23.5 Å². The van der Waals surface area contributed by atoms with Crippen molar-refractivity contribution in [3.05, 3.63) is 68.7 Å². The number of rotatable bonds is 3. The van der Waals surface area contributed by atoms with Gasteiger partial charge in [0.2, 0.25) is 0 Å². The van der Waals surface area contributed by atoms with Crippen molar-refractivity contribution in [2.45, 2.75) is 0 Å². The van der Waals surface area contributed by atoms with Crippen LogP contribution in [0, 0.1) is 5.82 Å². The SMILES string of the molecule is O=C(Nc1nc(-c2cccc(F)c2)cs1)c1cc(Br)ccc1Cl. The Morgan fingerprint density at radius 1 is 1.26 bits per heavy atom. The predicted molar refractivity (Wildman–Crippen MR) is 94.6 cm³/mol. The van der Waals surface area contributed by atoms with Gasteiger partial charge >= 0.3 is 0 Å². The summed E-state index contributed by atoms with van der Waals surface area (Å²) in [6, 6.07) is 11.2. The van der Waals surface area contributed by atoms with Gasteiger partial charge in [-0.3, -0.25) is 10.1 Å². The number of carbonyl (C=O) groups excluding carboxylic acids is 1. The topological polar surface area (TPSA) is 42.0 Å². The smallest absolute Gasteiger partial charge is 0.258 e. The quantitative estimate of drug-likeness (QED) is 0.608. The molecule has 1 amide bonds. The van der Waals surface area contributed by atoms with Gasteiger partial charge in [0.1, 0.15) is 5.82 Å². The van der Waals surface area contributed by atoms with Gasteiger partial charge in [0.15, 0.2) is 5.13 Å². The Kier molecular flexibility index (Phi) is 4.75. The molecule has 1 heterocycles. The van der Waals surface area contributed by atoms with E-state index in [9.17, 15) is 9.18 Å². The summed E-state index contributed by atoms with van der Waals surface area (Å²) >= 11 is 10.6. The van der Waals surface area contributed by atoms with E-state index in [1.807, 2.05) is 0 Å². The molecule has 0 atom stereocenters. The van der Waals surface area contributed by atoms with E-state index in [2.05, 4.69) is 26.2 Å². The molecule has 0 aliphatic heterocycles. The minimum atomic E-state index is -0.351. The van der Waals surface area contributed by atoms with Gasteiger partial charge < -0.3 is 0 Å². The second kappa shape index (κ2) is 6.78. The minimum absolute atomic E-state index is 0.331. The standard InChI is InChI=1S/C16H9BrClFN2OS/c17-10-4-5-13(18)12(7-10)15(22)21-16-20-14(8-23-16)9-2-1-3-11(19)6-9/h1-8H,(H,20,21,22). The molecule has 0 spiro atoms. The van der Waals surface area contributed by atoms with Crippen molar-refractivity contribution in [1.82, 2.24) is 4.98 Å². The molecular weight excluding hydrogens is 403 g/mol. The molecule has 1 aromatic heterocycles. The van der Waals surface area contributed by atoms with Crippen LogP contribution in [-0.2, 0) is 0 Å². The van der Waals surface area contributed by atoms with Crippen LogP contribution in [0.5, 0.6) is 0 Å². The molecular formula is C16H9BrClFN2OS. The first kappa shape index (κ1) is 16.1. The first-order chi connectivity index (χ1) is 11.0. The number of hydrogen-bond donors (Lipinski definition) is 1. The molecule has 0 fully saturated rings. The molecule has 3 rings (SSSR count). The third-order valence-electron chi connectivity index (χ3n) is 3.02. The summed E-state index contributed by atoms with van der Waals surface area (Å²) in [5.74, 6) is -0.682. The fourth-order valence-corrected chi connectivity index (χ4v) is 3.23. The van der Waals surface area contributed by atoms with Crippen molar-refractivity contribution in [2.24, 2.45) is 0 Å². The van der Waals surface area contributed by atoms with E-state index < -0.39 is 0 Å². The van der Waals surface area contributed by atoms with Gasteiger partial charge in [-0.15, -0.1) is 11.3 Å². The maximum Gasteiger partial charge on any atom is 0.258 e. The summed E-state index contributed by atoms with van der Waals surface area (Å²) in [6.07, 6.45) is 0. The van der Waals surface area contributed by atoms with Crippen LogP contribution in [0.2, 0.25) is 5.02 Å². The van der Waals surface area contributed by atoms with Crippen molar-refractivity contribution < 1.29 is 9.18 Å². The summed E-state index contributed by atoms with van der Waals surface area (Å²) in [7, 11) is 0. The Labute approximate surface area is 149 Å². The van der Waals surface area contributed by atoms with Crippen LogP contribution in [0.4, 0.5) is 9.52 Å². The molecule has 0 unspecified atom stereocenters. The lowest BCUT2D eigenvalue weighted by Crippen LogP contribution is -2.12. The van der Waals surface area contributed by atoms with Crippen LogP contribution >= 0.6 is 38.9 Å². The summed E-state index contributed by atoms with van der Waals surface area (Å²) in [4.78, 5) is 16.6. The molecule has 0 saturated carbocycles. The molecule has 0 radical (unpaired) electrons. The lowest BCUT2D eigenvalue weighted by atomic mass is 10.2. The summed E-state index contributed by atoms with van der Waals surface area (Å²) < 4.78 is 14.0. The number of nitrogens with zero attached hydrogens (tertiary/aromatic N) is 1. The Morgan fingerprint density at radius 2 is 2.09 bits per heavy atom. The Morgan fingerprint density at radius 3 is 2.87 bits per heavy atom. The molecule has 116 valence electrons. The predicted octanol–water partition coefficient (Wildman–Crippen LogP) is 5.62. The van der Waals surface area contributed by atoms with Crippen molar-refractivity contribution in [1.29, 1.82) is 0 Å². The first-order valence-corrected chi connectivity index (χ1v) is 8.56. The Hall–Kier alpha value is -1.76. The number of hydrogen-bond acceptors (Lipinski definition) is 3. The number of thiazole rings is 1. The van der Waals surface area contributed by atoms with Crippen LogP contribution in [0.15, 0.2) is 52.3 Å². The maximum atomic E-state index is 13.3. The zero-order chi connectivity index (χ0) is 16.4. The van der Waals surface area contributed by atoms with Crippen molar-refractivity contribution in [3.8, 4) is 11.3 Å². The second-order valence-corrected chi connectivity index (χ2v) is 6.81. The fourth-order valence-electron chi connectivity index (χ4n) is 1.95. The van der Waals surface area contributed by atoms with E-state index in [0.717, 1.165) is 4.47 Å². The van der Waals surface area contributed by atoms with Crippen LogP contribution in [0.25, 0.3) is 11.3 Å². The van der Waals surface area contributed by atoms with Crippen molar-refractivity contribution in [2.75, 3.05) is 5.32 Å². The molecule has 23 heavy (non-hydrogen) atoms. The summed E-state index contributed by atoms with van der Waals surface area (Å²) in [6.45, 7) is 0. The largest absolute Gasteiger partial charge is 0.298 e. The number of aromatic nitrogens is 1. The molecule has 3 aromatic rings. The van der Waals surface area contributed by atoms with E-state index in [1.54, 1.807) is 35.7 Å². The van der Waals surface area contributed by atoms with Gasteiger partial charge in [0, 0.05) is 15.4 Å². The number of benzene rings is 2. The average Bonchev–Trinajstić information content (AvgIpc) is 2.98. The molecule has 1 N–H and O–H groups in total. The number of halogens is 3. The van der Waals surface area contributed by atoms with Gasteiger partial charge in [0.25, 0.3) is 5.91 Å². The summed E-state index contributed by atoms with van der Waals surface area (Å²) in [5.41, 5.74) is 1.61. The number of amides is 1. The van der Waals surface area contributed by atoms with Gasteiger partial charge in [-0.25, -0.2) is 9.37 Å². The van der Waals surface area contributed by atoms with Crippen molar-refractivity contribution >= 4 is 49.9 Å². The highest BCUT2D eigenvalue weighted by Gasteiger charge is 2.13. The average molecular weight is 412 g/mol. The van der Waals surface area contributed by atoms with Gasteiger partial charge in [-0.05, 0) is 30.3 Å². The third-order valence-corrected chi connectivity index (χ3v) is 4.60. The fraction of sp³-hybridized carbons (Fsp3) is 0. The second-order valence-electron chi connectivity index (χ2n) is 4.63. The highest BCUT2D eigenvalue weighted by Crippen LogP contribution is 2.27. The molecule has 0 aliphatic rings. The Bertz CT molecular complexity index is 884. The molecule has 0 bridgehead atoms. The molecule has 0 aliphatic carbocycles. The molecule has 7 heteroatoms. The van der Waals surface area contributed by atoms with E-state index in [0.29, 0.717) is 27.0 Å². The van der Waals surface area contributed by atoms with E-state index >= 15 is 0 Å². The highest BCUT2D eigenvalue weighted by molar-refractivity contribution is 9.10. The molecule has 0 saturated heterocycles. The first-order valence-electron chi connectivity index (χ1n) is 6.51. The third kappa shape index (κ3) is 3.77. The zero-order valence-electron chi connectivity index (χ0n) is 11.5. The minimum Gasteiger partial charge on any atom is -0.298 e. The zero-order valence-corrected chi connectivity index (χ0v) is 14.7. The van der Waals surface area contributed by atoms with E-state index in [4.69, 9.17) is 11.6 Å². The lowest BCUT2D eigenvalue weighted by molar-refractivity contribution is 0.102. The molecule has 3 nitrogen and oxygen atoms in total. The van der Waals surface area contributed by atoms with Crippen LogP contribution in [0.1, 0.15) is 10.4 Å². The Balaban J connectivity index is 1.81. The van der Waals surface area contributed by atoms with Crippen LogP contribution in [-0.4, -0.2) is 10.9 Å². The maximum absolute atomic E-state index is 13.3. The monoisotopic (exact) mass is 410 g/mol. The molecule has 2 aromatic carbocycles. The normalized spacial score (nSPS) is 10.6. The van der Waals surface area contributed by atoms with Gasteiger partial charge in [0.05, 0.1) is 16.3 Å². The number of anilines is 1. The van der Waals surface area contributed by atoms with Crippen molar-refractivity contribution in [3.63, 3.8) is 0 Å². The van der Waals surface area contributed by atoms with Crippen LogP contribution < -0.4 is 5.32 Å².